The number of nitrogens with zero attached hydrogens (tertiary/aromatic N) is 2. The van der Waals surface area contributed by atoms with Gasteiger partial charge in [0.05, 0.1) is 4.47 Å². The number of hydrogen-bond acceptors (Lipinski definition) is 4. The van der Waals surface area contributed by atoms with E-state index >= 15 is 0 Å². The number of aromatic nitrogens is 2. The van der Waals surface area contributed by atoms with Gasteiger partial charge in [0.15, 0.2) is 12.4 Å². The molecule has 1 rings (SSSR count). The molecule has 0 saturated heterocycles. The summed E-state index contributed by atoms with van der Waals surface area (Å²) >= 11 is 3.18. The Morgan fingerprint density at radius 3 is 2.73 bits per heavy atom. The van der Waals surface area contributed by atoms with Gasteiger partial charge >= 0.3 is 0 Å². The average Bonchev–Trinajstić information content (AvgIpc) is 2.04. The molecule has 58 valence electrons. The summed E-state index contributed by atoms with van der Waals surface area (Å²) in [6.07, 6.45) is 3.19. The van der Waals surface area contributed by atoms with Crippen LogP contribution in [0.2, 0.25) is 0 Å². The van der Waals surface area contributed by atoms with E-state index in [9.17, 15) is 4.79 Å². The van der Waals surface area contributed by atoms with Gasteiger partial charge in [-0.25, -0.2) is 9.97 Å². The minimum Gasteiger partial charge on any atom is -0.460 e. The van der Waals surface area contributed by atoms with Crippen molar-refractivity contribution in [2.45, 2.75) is 6.61 Å². The van der Waals surface area contributed by atoms with E-state index in [1.165, 1.54) is 0 Å². The molecular formula is C6H5BrN2O2. The van der Waals surface area contributed by atoms with Crippen molar-refractivity contribution < 1.29 is 9.53 Å². The van der Waals surface area contributed by atoms with Gasteiger partial charge in [0, 0.05) is 12.4 Å². The maximum Gasteiger partial charge on any atom is 0.293 e. The molecule has 0 bridgehead atoms. The average molecular weight is 217 g/mol. The minimum atomic E-state index is 0.122. The largest absolute Gasteiger partial charge is 0.460 e. The first-order valence-corrected chi connectivity index (χ1v) is 3.64. The second-order valence-electron chi connectivity index (χ2n) is 1.72. The first-order chi connectivity index (χ1) is 5.33. The molecule has 0 radical (unpaired) electrons. The van der Waals surface area contributed by atoms with Crippen LogP contribution >= 0.6 is 15.9 Å². The molecule has 0 aromatic carbocycles. The SMILES string of the molecule is O=COCc1ncc(Br)cn1. The van der Waals surface area contributed by atoms with E-state index in [-0.39, 0.29) is 6.61 Å². The molecular weight excluding hydrogens is 212 g/mol. The molecule has 5 heteroatoms. The fourth-order valence-corrected chi connectivity index (χ4v) is 0.727. The molecule has 0 spiro atoms. The molecule has 0 saturated carbocycles. The van der Waals surface area contributed by atoms with Gasteiger partial charge < -0.3 is 4.74 Å². The van der Waals surface area contributed by atoms with Crippen molar-refractivity contribution in [3.8, 4) is 0 Å². The molecule has 0 amide bonds. The van der Waals surface area contributed by atoms with Crippen LogP contribution in [-0.4, -0.2) is 16.4 Å². The molecule has 11 heavy (non-hydrogen) atoms. The van der Waals surface area contributed by atoms with Crippen molar-refractivity contribution in [2.75, 3.05) is 0 Å². The fourth-order valence-electron chi connectivity index (χ4n) is 0.522. The fraction of sp³-hybridized carbons (Fsp3) is 0.167. The number of carbonyl (C=O) groups excluding carboxylic acids is 1. The number of halogens is 1. The zero-order valence-corrected chi connectivity index (χ0v) is 7.11. The first-order valence-electron chi connectivity index (χ1n) is 2.84. The summed E-state index contributed by atoms with van der Waals surface area (Å²) in [5.74, 6) is 0.486. The third-order valence-corrected chi connectivity index (χ3v) is 1.36. The lowest BCUT2D eigenvalue weighted by Gasteiger charge is -1.95. The van der Waals surface area contributed by atoms with Crippen molar-refractivity contribution in [3.05, 3.63) is 22.7 Å². The van der Waals surface area contributed by atoms with E-state index in [4.69, 9.17) is 0 Å². The number of rotatable bonds is 3. The highest BCUT2D eigenvalue weighted by Crippen LogP contribution is 2.04. The summed E-state index contributed by atoms with van der Waals surface area (Å²) in [6, 6.07) is 0. The predicted octanol–water partition coefficient (Wildman–Crippen LogP) is 0.912. The van der Waals surface area contributed by atoms with Crippen molar-refractivity contribution in [1.82, 2.24) is 9.97 Å². The van der Waals surface area contributed by atoms with E-state index in [0.29, 0.717) is 12.3 Å². The maximum atomic E-state index is 9.76. The molecule has 0 aliphatic heterocycles. The molecule has 0 aliphatic rings. The zero-order chi connectivity index (χ0) is 8.10. The summed E-state index contributed by atoms with van der Waals surface area (Å²) < 4.78 is 5.24. The number of ether oxygens (including phenoxy) is 1. The highest BCUT2D eigenvalue weighted by molar-refractivity contribution is 9.10. The van der Waals surface area contributed by atoms with Crippen LogP contribution in [0.25, 0.3) is 0 Å². The van der Waals surface area contributed by atoms with Gasteiger partial charge in [-0.1, -0.05) is 0 Å². The van der Waals surface area contributed by atoms with Gasteiger partial charge in [0.1, 0.15) is 0 Å². The molecule has 0 unspecified atom stereocenters. The minimum absolute atomic E-state index is 0.122. The lowest BCUT2D eigenvalue weighted by atomic mass is 10.6. The van der Waals surface area contributed by atoms with Gasteiger partial charge in [-0.15, -0.1) is 0 Å². The Balaban J connectivity index is 2.58. The third-order valence-electron chi connectivity index (χ3n) is 0.954. The van der Waals surface area contributed by atoms with E-state index in [0.717, 1.165) is 4.47 Å². The van der Waals surface area contributed by atoms with Crippen LogP contribution in [0.3, 0.4) is 0 Å². The van der Waals surface area contributed by atoms with E-state index < -0.39 is 0 Å². The quantitative estimate of drug-likeness (QED) is 0.706. The molecule has 4 nitrogen and oxygen atoms in total. The van der Waals surface area contributed by atoms with Crippen LogP contribution in [0.15, 0.2) is 16.9 Å². The lowest BCUT2D eigenvalue weighted by Crippen LogP contribution is -1.96. The van der Waals surface area contributed by atoms with Crippen molar-refractivity contribution in [2.24, 2.45) is 0 Å². The lowest BCUT2D eigenvalue weighted by molar-refractivity contribution is -0.130. The molecule has 0 aliphatic carbocycles. The Labute approximate surface area is 71.7 Å². The van der Waals surface area contributed by atoms with Crippen molar-refractivity contribution in [3.63, 3.8) is 0 Å². The van der Waals surface area contributed by atoms with Gasteiger partial charge in [0.25, 0.3) is 6.47 Å². The van der Waals surface area contributed by atoms with Crippen LogP contribution in [0.1, 0.15) is 5.82 Å². The molecule has 0 N–H and O–H groups in total. The smallest absolute Gasteiger partial charge is 0.293 e. The second kappa shape index (κ2) is 4.02. The van der Waals surface area contributed by atoms with E-state index in [1.807, 2.05) is 0 Å². The molecule has 0 atom stereocenters. The first kappa shape index (κ1) is 8.13. The van der Waals surface area contributed by atoms with E-state index in [2.05, 4.69) is 30.6 Å². The number of hydrogen-bond donors (Lipinski definition) is 0. The van der Waals surface area contributed by atoms with Crippen molar-refractivity contribution in [1.29, 1.82) is 0 Å². The van der Waals surface area contributed by atoms with Crippen LogP contribution in [-0.2, 0) is 16.1 Å². The topological polar surface area (TPSA) is 52.1 Å². The van der Waals surface area contributed by atoms with Gasteiger partial charge in [-0.2, -0.15) is 0 Å². The third kappa shape index (κ3) is 2.63. The van der Waals surface area contributed by atoms with Crippen LogP contribution in [0.5, 0.6) is 0 Å². The molecule has 1 heterocycles. The molecule has 1 aromatic rings. The zero-order valence-electron chi connectivity index (χ0n) is 5.53. The van der Waals surface area contributed by atoms with Crippen LogP contribution < -0.4 is 0 Å². The normalized spacial score (nSPS) is 9.18. The summed E-state index contributed by atoms with van der Waals surface area (Å²) in [5.41, 5.74) is 0. The molecule has 1 aromatic heterocycles. The number of carbonyl (C=O) groups is 1. The standard InChI is InChI=1S/C6H5BrN2O2/c7-5-1-8-6(9-2-5)3-11-4-10/h1-2,4H,3H2. The highest BCUT2D eigenvalue weighted by atomic mass is 79.9. The van der Waals surface area contributed by atoms with Crippen LogP contribution in [0.4, 0.5) is 0 Å². The predicted molar refractivity (Wildman–Crippen MR) is 40.6 cm³/mol. The second-order valence-corrected chi connectivity index (χ2v) is 2.64. The van der Waals surface area contributed by atoms with Crippen molar-refractivity contribution >= 4 is 22.4 Å². The summed E-state index contributed by atoms with van der Waals surface area (Å²) in [7, 11) is 0. The summed E-state index contributed by atoms with van der Waals surface area (Å²) in [6.45, 7) is 0.488. The van der Waals surface area contributed by atoms with Gasteiger partial charge in [0.2, 0.25) is 0 Å². The maximum absolute atomic E-state index is 9.76. The molecule has 0 fully saturated rings. The highest BCUT2D eigenvalue weighted by Gasteiger charge is 1.94. The summed E-state index contributed by atoms with van der Waals surface area (Å²) in [5, 5.41) is 0. The van der Waals surface area contributed by atoms with E-state index in [1.54, 1.807) is 12.4 Å². The Kier molecular flexibility index (Phi) is 2.97. The van der Waals surface area contributed by atoms with Gasteiger partial charge in [-0.3, -0.25) is 4.79 Å². The summed E-state index contributed by atoms with van der Waals surface area (Å²) in [4.78, 5) is 17.5. The Morgan fingerprint density at radius 1 is 1.55 bits per heavy atom. The Morgan fingerprint density at radius 2 is 2.18 bits per heavy atom. The monoisotopic (exact) mass is 216 g/mol. The van der Waals surface area contributed by atoms with Crippen LogP contribution in [0, 0.1) is 0 Å². The van der Waals surface area contributed by atoms with Gasteiger partial charge in [-0.05, 0) is 15.9 Å². The Bertz CT molecular complexity index is 237. The Hall–Kier alpha value is -0.970.